The van der Waals surface area contributed by atoms with E-state index in [1.807, 2.05) is 222 Å². The first-order valence-electron chi connectivity index (χ1n) is 36.7. The van der Waals surface area contributed by atoms with Crippen LogP contribution in [0.25, 0.3) is 143 Å². The Bertz CT molecular complexity index is 6700. The van der Waals surface area contributed by atoms with E-state index in [9.17, 15) is 24.0 Å². The Hall–Kier alpha value is -15.4. The average molecular weight is 1690 g/mol. The van der Waals surface area contributed by atoms with Crippen LogP contribution in [-0.2, 0) is 24.0 Å². The van der Waals surface area contributed by atoms with Gasteiger partial charge in [-0.15, -0.1) is 0 Å². The number of aryl methyl sites for hydroxylation is 3. The number of allylic oxidation sites excluding steroid dienone is 1. The van der Waals surface area contributed by atoms with Crippen molar-refractivity contribution in [3.8, 4) is 111 Å². The Balaban J connectivity index is 0.000000112. The van der Waals surface area contributed by atoms with E-state index in [-0.39, 0.29) is 29.4 Å². The normalized spacial score (nSPS) is 10.9. The SMILES string of the molecule is C/C=C\c1ccc2c(-c3ccccc3)nn(-c3nc(OC=O)cs3)c2c1.Cc1ccc2c(-c3ccccc3)nn(-c3nc(OC=O)cs3)c2c1.Cc1ccc2c(-c3ccccc3)nn(-c3nc(OC=O)cs3)c2n1.Cc1cnc2c(-c3ccccc3)nn(-c3nc(OC=O)cs3)c2c1.O=COc1csc(-n2nc(-c3ccccc3)c3ccncc32)n1. The quantitative estimate of drug-likeness (QED) is 0.0603. The van der Waals surface area contributed by atoms with Crippen molar-refractivity contribution >= 4 is 150 Å². The molecule has 0 atom stereocenters. The molecule has 0 aliphatic carbocycles. The van der Waals surface area contributed by atoms with Gasteiger partial charge in [-0.1, -0.05) is 239 Å². The van der Waals surface area contributed by atoms with Crippen LogP contribution < -0.4 is 23.7 Å². The van der Waals surface area contributed by atoms with Crippen LogP contribution in [0.15, 0.2) is 264 Å². The summed E-state index contributed by atoms with van der Waals surface area (Å²) in [6, 6.07) is 70.2. The van der Waals surface area contributed by atoms with Crippen LogP contribution in [-0.4, -0.2) is 121 Å². The van der Waals surface area contributed by atoms with E-state index >= 15 is 0 Å². The summed E-state index contributed by atoms with van der Waals surface area (Å²) in [5, 5.41) is 39.2. The number of carbonyl (C=O) groups excluding carboxylic acids is 5. The van der Waals surface area contributed by atoms with Gasteiger partial charge in [0.25, 0.3) is 32.4 Å². The molecule has 33 heteroatoms. The summed E-state index contributed by atoms with van der Waals surface area (Å²) in [4.78, 5) is 87.3. The first kappa shape index (κ1) is 79.4. The van der Waals surface area contributed by atoms with Crippen molar-refractivity contribution in [3.63, 3.8) is 0 Å². The third-order valence-corrected chi connectivity index (χ3v) is 22.0. The Morgan fingerprint density at radius 2 is 0.669 bits per heavy atom. The molecule has 0 aliphatic heterocycles. The van der Waals surface area contributed by atoms with Crippen molar-refractivity contribution in [1.82, 2.24) is 88.8 Å². The smallest absolute Gasteiger partial charge is 0.299 e. The highest BCUT2D eigenvalue weighted by Gasteiger charge is 2.23. The van der Waals surface area contributed by atoms with Crippen LogP contribution in [0.2, 0.25) is 0 Å². The van der Waals surface area contributed by atoms with Gasteiger partial charge in [0, 0.05) is 67.4 Å². The molecule has 0 radical (unpaired) electrons. The molecular formula is C88H62N18O10S5. The zero-order valence-electron chi connectivity index (χ0n) is 64.0. The van der Waals surface area contributed by atoms with Gasteiger partial charge in [-0.3, -0.25) is 33.9 Å². The van der Waals surface area contributed by atoms with Crippen molar-refractivity contribution < 1.29 is 47.7 Å². The zero-order valence-corrected chi connectivity index (χ0v) is 68.1. The van der Waals surface area contributed by atoms with E-state index < -0.39 is 0 Å². The Kier molecular flexibility index (Phi) is 24.2. The molecule has 594 valence electrons. The van der Waals surface area contributed by atoms with Crippen LogP contribution in [0.1, 0.15) is 29.3 Å². The van der Waals surface area contributed by atoms with Gasteiger partial charge in [0.1, 0.15) is 34.0 Å². The second-order valence-electron chi connectivity index (χ2n) is 25.9. The van der Waals surface area contributed by atoms with Crippen LogP contribution in [0, 0.1) is 20.8 Å². The van der Waals surface area contributed by atoms with Crippen LogP contribution in [0.4, 0.5) is 0 Å². The fourth-order valence-electron chi connectivity index (χ4n) is 12.8. The van der Waals surface area contributed by atoms with Crippen molar-refractivity contribution in [2.45, 2.75) is 27.7 Å². The van der Waals surface area contributed by atoms with Gasteiger partial charge in [-0.25, -0.2) is 23.7 Å². The Labute approximate surface area is 706 Å². The Morgan fingerprint density at radius 3 is 1.10 bits per heavy atom. The second-order valence-corrected chi connectivity index (χ2v) is 30.1. The van der Waals surface area contributed by atoms with Crippen molar-refractivity contribution in [3.05, 3.63) is 286 Å². The molecule has 0 bridgehead atoms. The molecule has 0 saturated heterocycles. The van der Waals surface area contributed by atoms with Gasteiger partial charge < -0.3 is 23.7 Å². The lowest BCUT2D eigenvalue weighted by Crippen LogP contribution is -1.98. The molecule has 0 unspecified atom stereocenters. The summed E-state index contributed by atoms with van der Waals surface area (Å²) in [6.07, 6.45) is 9.35. The second kappa shape index (κ2) is 36.8. The van der Waals surface area contributed by atoms with Crippen LogP contribution in [0.5, 0.6) is 29.4 Å². The average Bonchev–Trinajstić information content (AvgIpc) is 2.15. The van der Waals surface area contributed by atoms with Crippen molar-refractivity contribution in [1.29, 1.82) is 0 Å². The number of hydrogen-bond acceptors (Lipinski definition) is 28. The highest BCUT2D eigenvalue weighted by atomic mass is 32.1. The van der Waals surface area contributed by atoms with E-state index in [0.717, 1.165) is 133 Å². The van der Waals surface area contributed by atoms with Gasteiger partial charge in [-0.05, 0) is 86.8 Å². The number of aromatic nitrogens is 18. The molecule has 0 aliphatic rings. The van der Waals surface area contributed by atoms with E-state index in [4.69, 9.17) is 44.1 Å². The summed E-state index contributed by atoms with van der Waals surface area (Å²) < 4.78 is 32.8. The number of pyridine rings is 3. The molecule has 20 aromatic rings. The molecular weight excluding hydrogens is 1630 g/mol. The number of hydrogen-bond donors (Lipinski definition) is 0. The van der Waals surface area contributed by atoms with Gasteiger partial charge in [0.2, 0.25) is 55.1 Å². The van der Waals surface area contributed by atoms with Gasteiger partial charge in [0.15, 0.2) is 5.65 Å². The predicted octanol–water partition coefficient (Wildman–Crippen LogP) is 18.6. The topological polar surface area (TPSA) is 324 Å². The minimum atomic E-state index is 0.252. The molecule has 121 heavy (non-hydrogen) atoms. The molecule has 7 aromatic carbocycles. The monoisotopic (exact) mass is 1690 g/mol. The number of thiazole rings is 5. The summed E-state index contributed by atoms with van der Waals surface area (Å²) in [5.41, 5.74) is 18.7. The minimum absolute atomic E-state index is 0.252. The maximum atomic E-state index is 10.6. The number of fused-ring (bicyclic) bond motifs is 5. The number of nitrogens with zero attached hydrogens (tertiary/aromatic N) is 18. The van der Waals surface area contributed by atoms with Gasteiger partial charge in [0.05, 0.1) is 55.2 Å². The molecule has 0 amide bonds. The lowest BCUT2D eigenvalue weighted by Gasteiger charge is -1.99. The molecule has 28 nitrogen and oxygen atoms in total. The Morgan fingerprint density at radius 1 is 0.322 bits per heavy atom. The summed E-state index contributed by atoms with van der Waals surface area (Å²) >= 11 is 6.78. The number of benzene rings is 7. The molecule has 0 N–H and O–H groups in total. The molecule has 0 spiro atoms. The zero-order chi connectivity index (χ0) is 83.1. The van der Waals surface area contributed by atoms with E-state index in [0.29, 0.717) is 58.0 Å². The molecule has 0 fully saturated rings. The van der Waals surface area contributed by atoms with Gasteiger partial charge in [-0.2, -0.15) is 55.1 Å². The van der Waals surface area contributed by atoms with Gasteiger partial charge >= 0.3 is 0 Å². The number of rotatable bonds is 21. The van der Waals surface area contributed by atoms with Crippen molar-refractivity contribution in [2.24, 2.45) is 0 Å². The van der Waals surface area contributed by atoms with E-state index in [1.54, 1.807) is 62.7 Å². The molecule has 13 heterocycles. The first-order valence-corrected chi connectivity index (χ1v) is 41.1. The van der Waals surface area contributed by atoms with Crippen molar-refractivity contribution in [2.75, 3.05) is 0 Å². The van der Waals surface area contributed by atoms with Crippen LogP contribution in [0.3, 0.4) is 0 Å². The third-order valence-electron chi connectivity index (χ3n) is 18.1. The number of carbonyl (C=O) groups is 5. The standard InChI is InChI=1S/C20H15N3O2S.C18H13N3O2S.2C17H12N4O2S.C16H10N4O2S/c1-2-6-14-9-10-16-17(11-14)23(20-21-18(12-26-20)25-13-24)22-19(16)15-7-4-3-5-8-15;1-12-7-8-14-15(9-12)21(18-19-16(10-24-18)23-11-22)20-17(14)13-5-3-2-4-6-13;1-11-7-13-16(18-8-11)15(12-5-3-2-4-6-12)20-21(13)17-19-14(9-24-17)23-10-22;1-11-7-8-13-15(12-5-3-2-4-6-12)20-21(16(13)18-11)17-19-14(9-24-17)23-10-22;21-10-22-14-9-23-16(18-14)20-13-8-17-7-6-12(13)15(19-20)11-4-2-1-3-5-11/h2-13H,1H3;2-11H,1H3;2*2-10H,1H3;1-10H/b6-2-;;;;. The highest BCUT2D eigenvalue weighted by Crippen LogP contribution is 2.38. The number of ether oxygens (including phenoxy) is 5. The van der Waals surface area contributed by atoms with Crippen LogP contribution >= 0.6 is 56.7 Å². The fraction of sp³-hybridized carbons (Fsp3) is 0.0455. The summed E-state index contributed by atoms with van der Waals surface area (Å²) in [7, 11) is 0. The third kappa shape index (κ3) is 17.5. The molecule has 13 aromatic heterocycles. The maximum Gasteiger partial charge on any atom is 0.299 e. The molecule has 20 rings (SSSR count). The highest BCUT2D eigenvalue weighted by molar-refractivity contribution is 7.13. The largest absolute Gasteiger partial charge is 0.409 e. The summed E-state index contributed by atoms with van der Waals surface area (Å²) in [6.45, 7) is 9.77. The lowest BCUT2D eigenvalue weighted by atomic mass is 10.1. The summed E-state index contributed by atoms with van der Waals surface area (Å²) in [5.74, 6) is 1.32. The lowest BCUT2D eigenvalue weighted by molar-refractivity contribution is -0.121. The fourth-order valence-corrected chi connectivity index (χ4v) is 16.3. The maximum absolute atomic E-state index is 10.6. The molecule has 0 saturated carbocycles. The minimum Gasteiger partial charge on any atom is -0.409 e. The first-order chi connectivity index (χ1) is 59.4. The van der Waals surface area contributed by atoms with E-state index in [1.165, 1.54) is 56.7 Å². The predicted molar refractivity (Wildman–Crippen MR) is 467 cm³/mol. The van der Waals surface area contributed by atoms with E-state index in [2.05, 4.69) is 81.4 Å².